The molecule has 0 radical (unpaired) electrons. The van der Waals surface area contributed by atoms with Crippen LogP contribution < -0.4 is 10.5 Å². The predicted octanol–water partition coefficient (Wildman–Crippen LogP) is 2.13. The molecule has 0 spiro atoms. The van der Waals surface area contributed by atoms with Gasteiger partial charge in [0, 0.05) is 18.0 Å². The van der Waals surface area contributed by atoms with E-state index in [-0.39, 0.29) is 0 Å². The van der Waals surface area contributed by atoms with E-state index in [4.69, 9.17) is 10.5 Å². The third-order valence-corrected chi connectivity index (χ3v) is 2.30. The SMILES string of the molecule is COc1ccccc1N=C(N)c1ccncc1. The summed E-state index contributed by atoms with van der Waals surface area (Å²) in [5, 5.41) is 0. The summed E-state index contributed by atoms with van der Waals surface area (Å²) in [5.74, 6) is 1.14. The summed E-state index contributed by atoms with van der Waals surface area (Å²) >= 11 is 0. The lowest BCUT2D eigenvalue weighted by Crippen LogP contribution is -2.12. The van der Waals surface area contributed by atoms with Crippen molar-refractivity contribution in [3.63, 3.8) is 0 Å². The van der Waals surface area contributed by atoms with Crippen molar-refractivity contribution in [2.45, 2.75) is 0 Å². The first-order valence-corrected chi connectivity index (χ1v) is 5.19. The highest BCUT2D eigenvalue weighted by Crippen LogP contribution is 2.26. The zero-order valence-electron chi connectivity index (χ0n) is 9.50. The van der Waals surface area contributed by atoms with Crippen molar-refractivity contribution in [3.8, 4) is 5.75 Å². The van der Waals surface area contributed by atoms with Gasteiger partial charge in [-0.3, -0.25) is 4.98 Å². The third kappa shape index (κ3) is 2.60. The fourth-order valence-corrected chi connectivity index (χ4v) is 1.44. The van der Waals surface area contributed by atoms with E-state index in [1.165, 1.54) is 0 Å². The maximum atomic E-state index is 5.92. The van der Waals surface area contributed by atoms with Crippen LogP contribution in [0.15, 0.2) is 53.8 Å². The van der Waals surface area contributed by atoms with Crippen molar-refractivity contribution in [2.75, 3.05) is 7.11 Å². The van der Waals surface area contributed by atoms with E-state index in [0.29, 0.717) is 17.3 Å². The number of hydrogen-bond donors (Lipinski definition) is 1. The second-order valence-corrected chi connectivity index (χ2v) is 3.40. The molecule has 4 nitrogen and oxygen atoms in total. The summed E-state index contributed by atoms with van der Waals surface area (Å²) in [6, 6.07) is 11.1. The van der Waals surface area contributed by atoms with E-state index >= 15 is 0 Å². The molecule has 0 aliphatic heterocycles. The number of nitrogens with zero attached hydrogens (tertiary/aromatic N) is 2. The number of para-hydroxylation sites is 2. The highest BCUT2D eigenvalue weighted by Gasteiger charge is 2.02. The number of nitrogens with two attached hydrogens (primary N) is 1. The van der Waals surface area contributed by atoms with Gasteiger partial charge >= 0.3 is 0 Å². The summed E-state index contributed by atoms with van der Waals surface area (Å²) in [6.07, 6.45) is 3.36. The van der Waals surface area contributed by atoms with Gasteiger partial charge in [-0.05, 0) is 24.3 Å². The van der Waals surface area contributed by atoms with Gasteiger partial charge in [0.15, 0.2) is 0 Å². The zero-order valence-corrected chi connectivity index (χ0v) is 9.50. The molecule has 0 unspecified atom stereocenters. The Morgan fingerprint density at radius 2 is 1.88 bits per heavy atom. The summed E-state index contributed by atoms with van der Waals surface area (Å²) < 4.78 is 5.21. The average Bonchev–Trinajstić information content (AvgIpc) is 2.40. The van der Waals surface area contributed by atoms with Crippen LogP contribution in [0, 0.1) is 0 Å². The maximum absolute atomic E-state index is 5.92. The minimum atomic E-state index is 0.442. The minimum absolute atomic E-state index is 0.442. The molecular formula is C13H13N3O. The first-order chi connectivity index (χ1) is 8.31. The molecule has 0 aliphatic carbocycles. The van der Waals surface area contributed by atoms with Crippen LogP contribution in [-0.2, 0) is 0 Å². The Morgan fingerprint density at radius 3 is 2.59 bits per heavy atom. The lowest BCUT2D eigenvalue weighted by molar-refractivity contribution is 0.416. The third-order valence-electron chi connectivity index (χ3n) is 2.30. The smallest absolute Gasteiger partial charge is 0.144 e. The number of pyridine rings is 1. The Bertz CT molecular complexity index is 523. The molecule has 0 saturated heterocycles. The van der Waals surface area contributed by atoms with Gasteiger partial charge in [-0.2, -0.15) is 0 Å². The number of ether oxygens (including phenoxy) is 1. The molecule has 0 atom stereocenters. The van der Waals surface area contributed by atoms with Crippen molar-refractivity contribution in [2.24, 2.45) is 10.7 Å². The fourth-order valence-electron chi connectivity index (χ4n) is 1.44. The van der Waals surface area contributed by atoms with E-state index in [1.807, 2.05) is 36.4 Å². The molecule has 1 aromatic heterocycles. The molecule has 2 N–H and O–H groups in total. The monoisotopic (exact) mass is 227 g/mol. The molecule has 86 valence electrons. The number of hydrogen-bond acceptors (Lipinski definition) is 3. The summed E-state index contributed by atoms with van der Waals surface area (Å²) in [6.45, 7) is 0. The van der Waals surface area contributed by atoms with Crippen LogP contribution in [-0.4, -0.2) is 17.9 Å². The van der Waals surface area contributed by atoms with E-state index in [0.717, 1.165) is 5.56 Å². The van der Waals surface area contributed by atoms with Crippen molar-refractivity contribution in [1.82, 2.24) is 4.98 Å². The van der Waals surface area contributed by atoms with Gasteiger partial charge in [0.1, 0.15) is 17.3 Å². The molecule has 4 heteroatoms. The van der Waals surface area contributed by atoms with Gasteiger partial charge in [-0.15, -0.1) is 0 Å². The van der Waals surface area contributed by atoms with Gasteiger partial charge in [0.2, 0.25) is 0 Å². The Morgan fingerprint density at radius 1 is 1.18 bits per heavy atom. The van der Waals surface area contributed by atoms with Crippen LogP contribution in [0.3, 0.4) is 0 Å². The van der Waals surface area contributed by atoms with Crippen LogP contribution in [0.5, 0.6) is 5.75 Å². The molecule has 1 heterocycles. The van der Waals surface area contributed by atoms with Crippen molar-refractivity contribution in [1.29, 1.82) is 0 Å². The summed E-state index contributed by atoms with van der Waals surface area (Å²) in [4.78, 5) is 8.28. The topological polar surface area (TPSA) is 60.5 Å². The van der Waals surface area contributed by atoms with Gasteiger partial charge < -0.3 is 10.5 Å². The second kappa shape index (κ2) is 5.12. The molecule has 2 aromatic rings. The van der Waals surface area contributed by atoms with E-state index in [1.54, 1.807) is 19.5 Å². The molecule has 2 rings (SSSR count). The predicted molar refractivity (Wildman–Crippen MR) is 67.6 cm³/mol. The van der Waals surface area contributed by atoms with Gasteiger partial charge in [-0.1, -0.05) is 12.1 Å². The normalized spacial score (nSPS) is 11.2. The molecule has 0 aliphatic rings. The average molecular weight is 227 g/mol. The van der Waals surface area contributed by atoms with Crippen LogP contribution >= 0.6 is 0 Å². The quantitative estimate of drug-likeness (QED) is 0.645. The highest BCUT2D eigenvalue weighted by molar-refractivity contribution is 5.99. The first kappa shape index (κ1) is 11.1. The molecule has 1 aromatic carbocycles. The Balaban J connectivity index is 2.36. The minimum Gasteiger partial charge on any atom is -0.494 e. The Kier molecular flexibility index (Phi) is 3.35. The molecule has 0 saturated carbocycles. The molecule has 0 fully saturated rings. The maximum Gasteiger partial charge on any atom is 0.144 e. The molecular weight excluding hydrogens is 214 g/mol. The van der Waals surface area contributed by atoms with Crippen LogP contribution in [0.25, 0.3) is 0 Å². The van der Waals surface area contributed by atoms with Crippen molar-refractivity contribution < 1.29 is 4.74 Å². The Labute approximate surface area is 99.8 Å². The van der Waals surface area contributed by atoms with Gasteiger partial charge in [-0.25, -0.2) is 4.99 Å². The molecule has 0 bridgehead atoms. The number of amidine groups is 1. The fraction of sp³-hybridized carbons (Fsp3) is 0.0769. The van der Waals surface area contributed by atoms with Crippen LogP contribution in [0.2, 0.25) is 0 Å². The second-order valence-electron chi connectivity index (χ2n) is 3.40. The van der Waals surface area contributed by atoms with Crippen LogP contribution in [0.1, 0.15) is 5.56 Å². The van der Waals surface area contributed by atoms with Crippen molar-refractivity contribution >= 4 is 11.5 Å². The number of aromatic nitrogens is 1. The molecule has 17 heavy (non-hydrogen) atoms. The van der Waals surface area contributed by atoms with E-state index in [2.05, 4.69) is 9.98 Å². The van der Waals surface area contributed by atoms with Crippen molar-refractivity contribution in [3.05, 3.63) is 54.4 Å². The summed E-state index contributed by atoms with van der Waals surface area (Å²) in [7, 11) is 1.61. The number of rotatable bonds is 3. The largest absolute Gasteiger partial charge is 0.494 e. The summed E-state index contributed by atoms with van der Waals surface area (Å²) in [5.41, 5.74) is 7.47. The van der Waals surface area contributed by atoms with Gasteiger partial charge in [0.05, 0.1) is 7.11 Å². The van der Waals surface area contributed by atoms with Gasteiger partial charge in [0.25, 0.3) is 0 Å². The Hall–Kier alpha value is -2.36. The van der Waals surface area contributed by atoms with E-state index < -0.39 is 0 Å². The number of benzene rings is 1. The van der Waals surface area contributed by atoms with Crippen LogP contribution in [0.4, 0.5) is 5.69 Å². The number of methoxy groups -OCH3 is 1. The highest BCUT2D eigenvalue weighted by atomic mass is 16.5. The zero-order chi connectivity index (χ0) is 12.1. The lowest BCUT2D eigenvalue weighted by atomic mass is 10.2. The lowest BCUT2D eigenvalue weighted by Gasteiger charge is -2.05. The molecule has 0 amide bonds. The standard InChI is InChI=1S/C13H13N3O/c1-17-12-5-3-2-4-11(12)16-13(14)10-6-8-15-9-7-10/h2-9H,1H3,(H2,14,16). The van der Waals surface area contributed by atoms with E-state index in [9.17, 15) is 0 Å². The first-order valence-electron chi connectivity index (χ1n) is 5.19. The number of aliphatic imine (C=N–C) groups is 1.